The number of aromatic nitrogens is 5. The second-order valence-corrected chi connectivity index (χ2v) is 8.41. The normalized spacial score (nSPS) is 18.1. The van der Waals surface area contributed by atoms with Crippen molar-refractivity contribution < 1.29 is 5.11 Å². The number of likely N-dealkylation sites (tertiary alicyclic amines) is 1. The highest BCUT2D eigenvalue weighted by Crippen LogP contribution is 2.41. The minimum absolute atomic E-state index is 0. The predicted molar refractivity (Wildman–Crippen MR) is 118 cm³/mol. The zero-order chi connectivity index (χ0) is 20.0. The van der Waals surface area contributed by atoms with Gasteiger partial charge in [0, 0.05) is 42.9 Å². The van der Waals surface area contributed by atoms with Crippen molar-refractivity contribution in [3.8, 4) is 28.3 Å². The maximum atomic E-state index is 10.5. The maximum absolute atomic E-state index is 10.5. The van der Waals surface area contributed by atoms with Gasteiger partial charge in [-0.25, -0.2) is 4.98 Å². The molecule has 0 unspecified atom stereocenters. The lowest BCUT2D eigenvalue weighted by Gasteiger charge is -2.53. The van der Waals surface area contributed by atoms with Crippen LogP contribution in [0.25, 0.3) is 22.5 Å². The second-order valence-electron chi connectivity index (χ2n) is 8.41. The van der Waals surface area contributed by atoms with E-state index in [0.29, 0.717) is 22.6 Å². The molecular formula is C21H26ClN7O. The first-order valence-electron chi connectivity index (χ1n) is 9.98. The summed E-state index contributed by atoms with van der Waals surface area (Å²) in [5.41, 5.74) is 3.27. The van der Waals surface area contributed by atoms with Crippen LogP contribution < -0.4 is 4.90 Å². The van der Waals surface area contributed by atoms with E-state index < -0.39 is 0 Å². The number of halogens is 1. The van der Waals surface area contributed by atoms with E-state index in [2.05, 4.69) is 37.1 Å². The Morgan fingerprint density at radius 2 is 1.77 bits per heavy atom. The number of aromatic hydroxyl groups is 1. The van der Waals surface area contributed by atoms with Crippen molar-refractivity contribution in [3.63, 3.8) is 0 Å². The Kier molecular flexibility index (Phi) is 5.38. The number of phenols is 1. The largest absolute Gasteiger partial charge is 0.507 e. The molecule has 4 heterocycles. The number of piperidine rings is 1. The van der Waals surface area contributed by atoms with Gasteiger partial charge in [0.15, 0.2) is 0 Å². The molecule has 1 N–H and O–H groups in total. The van der Waals surface area contributed by atoms with E-state index in [-0.39, 0.29) is 18.2 Å². The fourth-order valence-corrected chi connectivity index (χ4v) is 4.33. The standard InChI is InChI=1S/C21H25N7O.ClH/c1-26-9-6-21(7-10-26)13-28(14-21)20-22-12-18(23-24-20)16-4-3-15(11-19(16)29)17-5-8-27(2)25-17;/h3-5,8,11-12,29H,6-7,9-10,13-14H2,1-2H3;1H. The third kappa shape index (κ3) is 3.73. The molecular weight excluding hydrogens is 402 g/mol. The number of hydrogen-bond acceptors (Lipinski definition) is 7. The number of rotatable bonds is 3. The Hall–Kier alpha value is -2.71. The number of aryl methyl sites for hydroxylation is 1. The molecule has 1 aromatic carbocycles. The van der Waals surface area contributed by atoms with E-state index in [1.165, 1.54) is 25.9 Å². The summed E-state index contributed by atoms with van der Waals surface area (Å²) in [6.45, 7) is 4.34. The molecule has 0 bridgehead atoms. The fourth-order valence-electron chi connectivity index (χ4n) is 4.33. The van der Waals surface area contributed by atoms with Gasteiger partial charge in [-0.2, -0.15) is 5.10 Å². The van der Waals surface area contributed by atoms with Crippen LogP contribution in [0.2, 0.25) is 0 Å². The summed E-state index contributed by atoms with van der Waals surface area (Å²) in [6, 6.07) is 7.37. The Bertz CT molecular complexity index is 1020. The molecule has 9 heteroatoms. The summed E-state index contributed by atoms with van der Waals surface area (Å²) in [4.78, 5) is 9.11. The number of nitrogens with zero attached hydrogens (tertiary/aromatic N) is 7. The van der Waals surface area contributed by atoms with E-state index in [1.54, 1.807) is 16.9 Å². The third-order valence-electron chi connectivity index (χ3n) is 6.22. The van der Waals surface area contributed by atoms with Crippen LogP contribution in [0.15, 0.2) is 36.7 Å². The first-order valence-corrected chi connectivity index (χ1v) is 9.98. The lowest BCUT2D eigenvalue weighted by molar-refractivity contribution is 0.0893. The first-order chi connectivity index (χ1) is 14.0. The van der Waals surface area contributed by atoms with Gasteiger partial charge in [0.25, 0.3) is 0 Å². The summed E-state index contributed by atoms with van der Waals surface area (Å²) in [6.07, 6.45) is 6.04. The van der Waals surface area contributed by atoms with Crippen LogP contribution in [0.4, 0.5) is 5.95 Å². The van der Waals surface area contributed by atoms with Crippen LogP contribution >= 0.6 is 12.4 Å². The van der Waals surface area contributed by atoms with Gasteiger partial charge in [0.05, 0.1) is 11.9 Å². The lowest BCUT2D eigenvalue weighted by atomic mass is 9.72. The van der Waals surface area contributed by atoms with E-state index in [1.807, 2.05) is 31.4 Å². The van der Waals surface area contributed by atoms with Crippen LogP contribution in [0.5, 0.6) is 5.75 Å². The van der Waals surface area contributed by atoms with Crippen LogP contribution in [0.3, 0.4) is 0 Å². The van der Waals surface area contributed by atoms with E-state index >= 15 is 0 Å². The van der Waals surface area contributed by atoms with E-state index in [9.17, 15) is 5.11 Å². The molecule has 0 aliphatic carbocycles. The molecule has 5 rings (SSSR count). The molecule has 158 valence electrons. The maximum Gasteiger partial charge on any atom is 0.245 e. The van der Waals surface area contributed by atoms with Gasteiger partial charge in [-0.05, 0) is 51.2 Å². The number of phenolic OH excluding ortho intramolecular Hbond substituents is 1. The molecule has 0 amide bonds. The molecule has 0 saturated carbocycles. The Morgan fingerprint density at radius 3 is 2.37 bits per heavy atom. The molecule has 0 atom stereocenters. The lowest BCUT2D eigenvalue weighted by Crippen LogP contribution is -2.60. The average molecular weight is 428 g/mol. The molecule has 8 nitrogen and oxygen atoms in total. The Morgan fingerprint density at radius 1 is 1.00 bits per heavy atom. The monoisotopic (exact) mass is 427 g/mol. The van der Waals surface area contributed by atoms with Gasteiger partial charge in [-0.1, -0.05) is 6.07 Å². The van der Waals surface area contributed by atoms with E-state index in [0.717, 1.165) is 24.3 Å². The molecule has 30 heavy (non-hydrogen) atoms. The minimum Gasteiger partial charge on any atom is -0.507 e. The molecule has 2 aliphatic heterocycles. The van der Waals surface area contributed by atoms with Crippen molar-refractivity contribution in [2.75, 3.05) is 38.1 Å². The zero-order valence-corrected chi connectivity index (χ0v) is 18.0. The highest BCUT2D eigenvalue weighted by Gasteiger charge is 2.45. The van der Waals surface area contributed by atoms with Crippen molar-refractivity contribution in [1.29, 1.82) is 0 Å². The fraction of sp³-hybridized carbons (Fsp3) is 0.429. The summed E-state index contributed by atoms with van der Waals surface area (Å²) >= 11 is 0. The molecule has 2 saturated heterocycles. The number of benzene rings is 1. The predicted octanol–water partition coefficient (Wildman–Crippen LogP) is 2.60. The quantitative estimate of drug-likeness (QED) is 0.687. The van der Waals surface area contributed by atoms with Crippen molar-refractivity contribution in [3.05, 3.63) is 36.7 Å². The highest BCUT2D eigenvalue weighted by molar-refractivity contribution is 5.85. The summed E-state index contributed by atoms with van der Waals surface area (Å²) in [7, 11) is 4.06. The average Bonchev–Trinajstić information content (AvgIpc) is 3.14. The second kappa shape index (κ2) is 7.85. The van der Waals surface area contributed by atoms with Crippen molar-refractivity contribution in [1.82, 2.24) is 29.9 Å². The number of hydrogen-bond donors (Lipinski definition) is 1. The van der Waals surface area contributed by atoms with Gasteiger partial charge in [-0.15, -0.1) is 22.6 Å². The minimum atomic E-state index is 0. The molecule has 3 aromatic rings. The summed E-state index contributed by atoms with van der Waals surface area (Å²) < 4.78 is 1.74. The van der Waals surface area contributed by atoms with Gasteiger partial charge in [-0.3, -0.25) is 4.68 Å². The Balaban J connectivity index is 0.00000218. The molecule has 2 aromatic heterocycles. The van der Waals surface area contributed by atoms with Gasteiger partial charge >= 0.3 is 0 Å². The van der Waals surface area contributed by atoms with Crippen molar-refractivity contribution in [2.45, 2.75) is 12.8 Å². The van der Waals surface area contributed by atoms with Crippen molar-refractivity contribution >= 4 is 18.4 Å². The van der Waals surface area contributed by atoms with Crippen LogP contribution in [0.1, 0.15) is 12.8 Å². The summed E-state index contributed by atoms with van der Waals surface area (Å²) in [5, 5.41) is 23.5. The van der Waals surface area contributed by atoms with Gasteiger partial charge in [0.1, 0.15) is 11.4 Å². The summed E-state index contributed by atoms with van der Waals surface area (Å²) in [5.74, 6) is 0.814. The third-order valence-corrected chi connectivity index (χ3v) is 6.22. The van der Waals surface area contributed by atoms with Crippen LogP contribution in [-0.4, -0.2) is 68.2 Å². The first kappa shape index (κ1) is 20.6. The molecule has 2 aliphatic rings. The Labute approximate surface area is 182 Å². The number of anilines is 1. The molecule has 1 spiro atoms. The van der Waals surface area contributed by atoms with Crippen LogP contribution in [-0.2, 0) is 7.05 Å². The zero-order valence-electron chi connectivity index (χ0n) is 17.2. The van der Waals surface area contributed by atoms with Gasteiger partial charge in [0.2, 0.25) is 5.95 Å². The SMILES string of the molecule is CN1CCC2(CC1)CN(c1ncc(-c3ccc(-c4ccn(C)n4)cc3O)nn1)C2.Cl. The van der Waals surface area contributed by atoms with Crippen molar-refractivity contribution in [2.24, 2.45) is 12.5 Å². The smallest absolute Gasteiger partial charge is 0.245 e. The molecule has 2 fully saturated rings. The molecule has 0 radical (unpaired) electrons. The van der Waals surface area contributed by atoms with Gasteiger partial charge < -0.3 is 14.9 Å². The highest BCUT2D eigenvalue weighted by atomic mass is 35.5. The topological polar surface area (TPSA) is 83.2 Å². The van der Waals surface area contributed by atoms with E-state index in [4.69, 9.17) is 0 Å². The van der Waals surface area contributed by atoms with Crippen LogP contribution in [0, 0.1) is 5.41 Å².